The molecule has 1 aliphatic heterocycles. The molecule has 38 heavy (non-hydrogen) atoms. The molecule has 9 nitrogen and oxygen atoms in total. The number of methoxy groups -OCH3 is 1. The second-order valence-corrected chi connectivity index (χ2v) is 13.3. The molecule has 4 rings (SSSR count). The number of aryl methyl sites for hydroxylation is 2. The van der Waals surface area contributed by atoms with Gasteiger partial charge in [0, 0.05) is 25.2 Å². The van der Waals surface area contributed by atoms with E-state index in [4.69, 9.17) is 9.26 Å². The van der Waals surface area contributed by atoms with Crippen molar-refractivity contribution in [3.63, 3.8) is 0 Å². The summed E-state index contributed by atoms with van der Waals surface area (Å²) in [7, 11) is -2.21. The summed E-state index contributed by atoms with van der Waals surface area (Å²) < 4.78 is 50.2. The zero-order valence-corrected chi connectivity index (χ0v) is 23.7. The molecule has 1 amide bonds. The molecule has 1 atom stereocenters. The van der Waals surface area contributed by atoms with E-state index in [2.05, 4.69) is 34.2 Å². The van der Waals surface area contributed by atoms with Crippen LogP contribution < -0.4 is 10.1 Å². The van der Waals surface area contributed by atoms with Crippen LogP contribution in [-0.2, 0) is 26.8 Å². The monoisotopic (exact) mass is 550 g/mol. The lowest BCUT2D eigenvalue weighted by Gasteiger charge is -2.48. The fourth-order valence-corrected chi connectivity index (χ4v) is 7.64. The van der Waals surface area contributed by atoms with Crippen molar-refractivity contribution in [3.05, 3.63) is 35.0 Å². The Kier molecular flexibility index (Phi) is 8.46. The summed E-state index contributed by atoms with van der Waals surface area (Å²) in [5.74, 6) is 0.00850. The predicted molar refractivity (Wildman–Crippen MR) is 140 cm³/mol. The highest BCUT2D eigenvalue weighted by Crippen LogP contribution is 2.34. The van der Waals surface area contributed by atoms with Gasteiger partial charge in [-0.05, 0) is 74.6 Å². The standard InChI is InChI=1S/C27H39FN4O5S/c1-17-12-21(36-5)13-18(2)26(17)38(34,35)15-23-30-25(37-31-23)14-24(33)29-22-10-11-32(16-27(22,3)4)20-8-6-19(28)7-9-20/h12-13,19-20,22H,6-11,14-16H2,1-5H3,(H,29,33). The third kappa shape index (κ3) is 6.54. The smallest absolute Gasteiger partial charge is 0.236 e. The van der Waals surface area contributed by atoms with E-state index < -0.39 is 21.8 Å². The molecule has 0 radical (unpaired) electrons. The van der Waals surface area contributed by atoms with Crippen LogP contribution in [0.1, 0.15) is 68.8 Å². The number of hydrogen-bond donors (Lipinski definition) is 1. The second kappa shape index (κ2) is 11.3. The molecule has 210 valence electrons. The average Bonchev–Trinajstić information content (AvgIpc) is 3.25. The maximum atomic E-state index is 13.6. The Hall–Kier alpha value is -2.53. The summed E-state index contributed by atoms with van der Waals surface area (Å²) in [6.45, 7) is 9.42. The molecule has 0 spiro atoms. The van der Waals surface area contributed by atoms with E-state index in [1.807, 2.05) is 0 Å². The van der Waals surface area contributed by atoms with Crippen LogP contribution in [0.5, 0.6) is 5.75 Å². The second-order valence-electron chi connectivity index (χ2n) is 11.4. The SMILES string of the molecule is COc1cc(C)c(S(=O)(=O)Cc2noc(CC(=O)NC3CCN(C4CCC(F)CC4)CC3(C)C)n2)c(C)c1. The number of amides is 1. The number of piperidine rings is 1. The third-order valence-corrected chi connectivity index (χ3v) is 9.76. The summed E-state index contributed by atoms with van der Waals surface area (Å²) in [6.07, 6.45) is 3.06. The van der Waals surface area contributed by atoms with Crippen LogP contribution in [0.15, 0.2) is 21.6 Å². The van der Waals surface area contributed by atoms with Gasteiger partial charge in [-0.25, -0.2) is 12.8 Å². The van der Waals surface area contributed by atoms with Gasteiger partial charge in [0.25, 0.3) is 0 Å². The largest absolute Gasteiger partial charge is 0.497 e. The number of likely N-dealkylation sites (tertiary alicyclic amines) is 1. The summed E-state index contributed by atoms with van der Waals surface area (Å²) in [6, 6.07) is 3.74. The van der Waals surface area contributed by atoms with Gasteiger partial charge in [-0.1, -0.05) is 19.0 Å². The topological polar surface area (TPSA) is 115 Å². The summed E-state index contributed by atoms with van der Waals surface area (Å²) in [5, 5.41) is 6.93. The highest BCUT2D eigenvalue weighted by atomic mass is 32.2. The first-order valence-electron chi connectivity index (χ1n) is 13.2. The minimum Gasteiger partial charge on any atom is -0.497 e. The van der Waals surface area contributed by atoms with E-state index in [-0.39, 0.29) is 40.4 Å². The summed E-state index contributed by atoms with van der Waals surface area (Å²) in [5.41, 5.74) is 1.00. The van der Waals surface area contributed by atoms with Gasteiger partial charge in [0.1, 0.15) is 24.1 Å². The number of carbonyl (C=O) groups is 1. The minimum atomic E-state index is -3.74. The molecular formula is C27H39FN4O5S. The number of nitrogens with zero attached hydrogens (tertiary/aromatic N) is 3. The number of ether oxygens (including phenoxy) is 1. The van der Waals surface area contributed by atoms with Crippen LogP contribution in [-0.4, -0.2) is 67.8 Å². The van der Waals surface area contributed by atoms with Crippen LogP contribution in [0.3, 0.4) is 0 Å². The molecule has 11 heteroatoms. The lowest BCUT2D eigenvalue weighted by atomic mass is 9.77. The van der Waals surface area contributed by atoms with Crippen molar-refractivity contribution in [2.24, 2.45) is 5.41 Å². The number of carbonyl (C=O) groups excluding carboxylic acids is 1. The van der Waals surface area contributed by atoms with Gasteiger partial charge in [-0.15, -0.1) is 0 Å². The van der Waals surface area contributed by atoms with E-state index >= 15 is 0 Å². The first kappa shape index (κ1) is 28.5. The molecule has 2 heterocycles. The van der Waals surface area contributed by atoms with Gasteiger partial charge < -0.3 is 14.6 Å². The Morgan fingerprint density at radius 1 is 1.18 bits per heavy atom. The predicted octanol–water partition coefficient (Wildman–Crippen LogP) is 3.71. The normalized spacial score (nSPS) is 24.2. The Balaban J connectivity index is 1.34. The maximum absolute atomic E-state index is 13.6. The molecule has 1 aromatic heterocycles. The Bertz CT molecular complexity index is 1230. The van der Waals surface area contributed by atoms with Gasteiger partial charge in [0.05, 0.1) is 12.0 Å². The fraction of sp³-hybridized carbons (Fsp3) is 0.667. The van der Waals surface area contributed by atoms with Crippen LogP contribution in [0.2, 0.25) is 0 Å². The molecule has 2 aromatic rings. The Morgan fingerprint density at radius 2 is 1.84 bits per heavy atom. The highest BCUT2D eigenvalue weighted by Gasteiger charge is 2.39. The number of sulfone groups is 1. The average molecular weight is 551 g/mol. The highest BCUT2D eigenvalue weighted by molar-refractivity contribution is 7.90. The van der Waals surface area contributed by atoms with Gasteiger partial charge in [-0.2, -0.15) is 4.98 Å². The van der Waals surface area contributed by atoms with E-state index in [0.29, 0.717) is 35.8 Å². The lowest BCUT2D eigenvalue weighted by Crippen LogP contribution is -2.58. The van der Waals surface area contributed by atoms with E-state index in [0.717, 1.165) is 32.4 Å². The molecule has 1 aromatic carbocycles. The first-order valence-corrected chi connectivity index (χ1v) is 14.9. The quantitative estimate of drug-likeness (QED) is 0.529. The molecule has 0 bridgehead atoms. The molecule has 1 unspecified atom stereocenters. The molecule has 1 N–H and O–H groups in total. The Labute approximate surface area is 224 Å². The molecule has 1 saturated heterocycles. The van der Waals surface area contributed by atoms with Gasteiger partial charge in [0.2, 0.25) is 11.8 Å². The summed E-state index contributed by atoms with van der Waals surface area (Å²) in [4.78, 5) is 19.7. The van der Waals surface area contributed by atoms with Gasteiger partial charge in [0.15, 0.2) is 15.7 Å². The molecule has 1 aliphatic carbocycles. The number of aromatic nitrogens is 2. The van der Waals surface area contributed by atoms with Gasteiger partial charge >= 0.3 is 0 Å². The minimum absolute atomic E-state index is 0.0130. The Morgan fingerprint density at radius 3 is 2.45 bits per heavy atom. The number of nitrogens with one attached hydrogen (secondary N) is 1. The molecular weight excluding hydrogens is 511 g/mol. The van der Waals surface area contributed by atoms with E-state index in [9.17, 15) is 17.6 Å². The van der Waals surface area contributed by atoms with Crippen molar-refractivity contribution in [1.82, 2.24) is 20.4 Å². The van der Waals surface area contributed by atoms with Crippen molar-refractivity contribution in [2.75, 3.05) is 20.2 Å². The zero-order chi connectivity index (χ0) is 27.7. The number of alkyl halides is 1. The van der Waals surface area contributed by atoms with Crippen LogP contribution in [0, 0.1) is 19.3 Å². The van der Waals surface area contributed by atoms with Crippen LogP contribution in [0.25, 0.3) is 0 Å². The number of halogens is 1. The fourth-order valence-electron chi connectivity index (χ4n) is 5.94. The number of rotatable bonds is 8. The van der Waals surface area contributed by atoms with Crippen molar-refractivity contribution >= 4 is 15.7 Å². The molecule has 1 saturated carbocycles. The number of hydrogen-bond acceptors (Lipinski definition) is 8. The maximum Gasteiger partial charge on any atom is 0.236 e. The molecule has 2 fully saturated rings. The van der Waals surface area contributed by atoms with Crippen molar-refractivity contribution in [3.8, 4) is 5.75 Å². The zero-order valence-electron chi connectivity index (χ0n) is 22.9. The van der Waals surface area contributed by atoms with Crippen molar-refractivity contribution < 1.29 is 26.9 Å². The van der Waals surface area contributed by atoms with Crippen molar-refractivity contribution in [2.45, 2.75) is 95.1 Å². The van der Waals surface area contributed by atoms with Crippen LogP contribution in [0.4, 0.5) is 4.39 Å². The number of benzene rings is 1. The lowest BCUT2D eigenvalue weighted by molar-refractivity contribution is -0.123. The van der Waals surface area contributed by atoms with E-state index in [1.165, 1.54) is 7.11 Å². The van der Waals surface area contributed by atoms with Gasteiger partial charge in [-0.3, -0.25) is 9.69 Å². The van der Waals surface area contributed by atoms with Crippen LogP contribution >= 0.6 is 0 Å². The first-order chi connectivity index (χ1) is 17.9. The van der Waals surface area contributed by atoms with Crippen molar-refractivity contribution in [1.29, 1.82) is 0 Å². The molecule has 2 aliphatic rings. The van der Waals surface area contributed by atoms with E-state index in [1.54, 1.807) is 26.0 Å². The third-order valence-electron chi connectivity index (χ3n) is 7.86. The summed E-state index contributed by atoms with van der Waals surface area (Å²) >= 11 is 0.